The molecule has 22 heavy (non-hydrogen) atoms. The maximum atomic E-state index is 12.3. The first-order valence-corrected chi connectivity index (χ1v) is 8.61. The molecule has 2 heterocycles. The molecule has 1 atom stereocenters. The third kappa shape index (κ3) is 2.31. The van der Waals surface area contributed by atoms with E-state index in [0.717, 1.165) is 33.1 Å². The van der Waals surface area contributed by atoms with E-state index in [1.807, 2.05) is 32.1 Å². The summed E-state index contributed by atoms with van der Waals surface area (Å²) in [6.45, 7) is 6.12. The van der Waals surface area contributed by atoms with Gasteiger partial charge in [0.05, 0.1) is 5.57 Å². The van der Waals surface area contributed by atoms with Crippen LogP contribution in [0.25, 0.3) is 11.6 Å². The number of nitrogens with one attached hydrogen (secondary N) is 2. The predicted molar refractivity (Wildman–Crippen MR) is 90.3 cm³/mol. The Kier molecular flexibility index (Phi) is 3.53. The summed E-state index contributed by atoms with van der Waals surface area (Å²) in [5.74, 6) is -0.127. The Morgan fingerprint density at radius 3 is 2.45 bits per heavy atom. The number of benzene rings is 1. The Balaban J connectivity index is 2.15. The van der Waals surface area contributed by atoms with Gasteiger partial charge in [0, 0.05) is 44.6 Å². The molecule has 4 nitrogen and oxygen atoms in total. The maximum Gasteiger partial charge on any atom is 0.256 e. The molecular formula is C17H18N2O2S. The van der Waals surface area contributed by atoms with Gasteiger partial charge >= 0.3 is 0 Å². The van der Waals surface area contributed by atoms with Crippen molar-refractivity contribution in [1.29, 1.82) is 0 Å². The number of aromatic nitrogens is 1. The van der Waals surface area contributed by atoms with Crippen LogP contribution in [0.5, 0.6) is 0 Å². The first-order valence-electron chi connectivity index (χ1n) is 7.05. The van der Waals surface area contributed by atoms with E-state index in [1.165, 1.54) is 5.56 Å². The molecule has 0 fully saturated rings. The van der Waals surface area contributed by atoms with E-state index in [0.29, 0.717) is 5.57 Å². The third-order valence-corrected chi connectivity index (χ3v) is 5.16. The zero-order valence-corrected chi connectivity index (χ0v) is 13.9. The number of rotatable bonds is 2. The molecule has 1 aliphatic heterocycles. The van der Waals surface area contributed by atoms with Gasteiger partial charge in [0.25, 0.3) is 5.91 Å². The third-order valence-electron chi connectivity index (χ3n) is 4.25. The monoisotopic (exact) mass is 314 g/mol. The Hall–Kier alpha value is -2.14. The van der Waals surface area contributed by atoms with Crippen molar-refractivity contribution in [3.8, 4) is 0 Å². The molecule has 0 radical (unpaired) electrons. The lowest BCUT2D eigenvalue weighted by Crippen LogP contribution is -2.03. The van der Waals surface area contributed by atoms with Crippen LogP contribution >= 0.6 is 0 Å². The van der Waals surface area contributed by atoms with Gasteiger partial charge in [0.1, 0.15) is 0 Å². The normalized spacial score (nSPS) is 16.7. The summed E-state index contributed by atoms with van der Waals surface area (Å²) in [7, 11) is -1.07. The van der Waals surface area contributed by atoms with Gasteiger partial charge in [-0.1, -0.05) is 0 Å². The molecule has 0 spiro atoms. The average molecular weight is 314 g/mol. The van der Waals surface area contributed by atoms with Crippen LogP contribution in [0.4, 0.5) is 5.69 Å². The van der Waals surface area contributed by atoms with Gasteiger partial charge in [-0.25, -0.2) is 0 Å². The number of H-pyrrole nitrogens is 1. The Morgan fingerprint density at radius 1 is 1.14 bits per heavy atom. The molecule has 1 amide bonds. The Labute approximate surface area is 132 Å². The van der Waals surface area contributed by atoms with Gasteiger partial charge in [-0.05, 0) is 56.2 Å². The number of carbonyl (C=O) groups excluding carboxylic acids is 1. The van der Waals surface area contributed by atoms with E-state index in [2.05, 4.69) is 17.2 Å². The molecule has 1 aromatic heterocycles. The van der Waals surface area contributed by atoms with E-state index >= 15 is 0 Å². The molecule has 2 N–H and O–H groups in total. The molecule has 2 aromatic rings. The van der Waals surface area contributed by atoms with Crippen LogP contribution in [0.15, 0.2) is 23.1 Å². The van der Waals surface area contributed by atoms with Crippen molar-refractivity contribution in [2.24, 2.45) is 0 Å². The number of fused-ring (bicyclic) bond motifs is 1. The number of hydrogen-bond donors (Lipinski definition) is 2. The van der Waals surface area contributed by atoms with E-state index in [4.69, 9.17) is 0 Å². The summed E-state index contributed by atoms with van der Waals surface area (Å²) >= 11 is 0. The second-order valence-corrected chi connectivity index (χ2v) is 6.97. The van der Waals surface area contributed by atoms with Crippen LogP contribution in [0.2, 0.25) is 0 Å². The summed E-state index contributed by atoms with van der Waals surface area (Å²) in [6, 6.07) is 5.42. The Bertz CT molecular complexity index is 847. The second kappa shape index (κ2) is 5.25. The number of aromatic amines is 1. The largest absolute Gasteiger partial charge is 0.359 e. The van der Waals surface area contributed by atoms with Crippen LogP contribution in [0.1, 0.15) is 28.1 Å². The molecular weight excluding hydrogens is 296 g/mol. The lowest BCUT2D eigenvalue weighted by molar-refractivity contribution is -0.110. The average Bonchev–Trinajstić information content (AvgIpc) is 2.91. The zero-order valence-electron chi connectivity index (χ0n) is 13.0. The number of aryl methyl sites for hydroxylation is 1. The maximum absolute atomic E-state index is 12.3. The van der Waals surface area contributed by atoms with Crippen molar-refractivity contribution in [2.45, 2.75) is 25.7 Å². The fourth-order valence-electron chi connectivity index (χ4n) is 2.65. The molecule has 3 rings (SSSR count). The van der Waals surface area contributed by atoms with Crippen molar-refractivity contribution >= 4 is 34.0 Å². The van der Waals surface area contributed by atoms with Gasteiger partial charge in [-0.15, -0.1) is 0 Å². The fourth-order valence-corrected chi connectivity index (χ4v) is 3.19. The topological polar surface area (TPSA) is 62.0 Å². The molecule has 1 unspecified atom stereocenters. The van der Waals surface area contributed by atoms with Crippen LogP contribution in [0.3, 0.4) is 0 Å². The molecule has 1 aliphatic rings. The van der Waals surface area contributed by atoms with Gasteiger partial charge in [0.15, 0.2) is 0 Å². The predicted octanol–water partition coefficient (Wildman–Crippen LogP) is 3.17. The van der Waals surface area contributed by atoms with Crippen molar-refractivity contribution in [1.82, 2.24) is 4.98 Å². The smallest absolute Gasteiger partial charge is 0.256 e. The summed E-state index contributed by atoms with van der Waals surface area (Å²) in [4.78, 5) is 16.3. The minimum absolute atomic E-state index is 0.127. The summed E-state index contributed by atoms with van der Waals surface area (Å²) < 4.78 is 11.7. The molecule has 0 aliphatic carbocycles. The highest BCUT2D eigenvalue weighted by molar-refractivity contribution is 7.84. The highest BCUT2D eigenvalue weighted by Gasteiger charge is 2.25. The number of carbonyl (C=O) groups is 1. The number of hydrogen-bond acceptors (Lipinski definition) is 2. The molecule has 1 aromatic carbocycles. The van der Waals surface area contributed by atoms with E-state index in [9.17, 15) is 9.00 Å². The van der Waals surface area contributed by atoms with Gasteiger partial charge in [-0.3, -0.25) is 9.00 Å². The summed E-state index contributed by atoms with van der Waals surface area (Å²) in [5, 5.41) is 2.85. The van der Waals surface area contributed by atoms with Crippen LogP contribution in [-0.4, -0.2) is 21.4 Å². The van der Waals surface area contributed by atoms with Gasteiger partial charge in [-0.2, -0.15) is 0 Å². The second-order valence-electron chi connectivity index (χ2n) is 5.59. The summed E-state index contributed by atoms with van der Waals surface area (Å²) in [5.41, 5.74) is 6.56. The van der Waals surface area contributed by atoms with Crippen molar-refractivity contribution in [2.75, 3.05) is 11.6 Å². The highest BCUT2D eigenvalue weighted by Crippen LogP contribution is 2.35. The summed E-state index contributed by atoms with van der Waals surface area (Å²) in [6.07, 6.45) is 3.51. The van der Waals surface area contributed by atoms with Crippen molar-refractivity contribution < 1.29 is 9.00 Å². The lowest BCUT2D eigenvalue weighted by atomic mass is 10.0. The standard InChI is InChI=1S/C17H18N2O2S/c1-9-10(2)16(18-11(9)3)8-14-13-7-12(22(4)21)5-6-15(13)19-17(14)20/h5-8,18H,1-4H3,(H,19,20)/b14-8-. The van der Waals surface area contributed by atoms with Crippen LogP contribution in [0, 0.1) is 20.8 Å². The molecule has 0 bridgehead atoms. The lowest BCUT2D eigenvalue weighted by Gasteiger charge is -2.02. The van der Waals surface area contributed by atoms with Gasteiger partial charge in [0.2, 0.25) is 0 Å². The quantitative estimate of drug-likeness (QED) is 0.836. The van der Waals surface area contributed by atoms with E-state index in [1.54, 1.807) is 12.3 Å². The molecule has 0 saturated heterocycles. The number of amides is 1. The minimum atomic E-state index is -1.07. The van der Waals surface area contributed by atoms with Gasteiger partial charge < -0.3 is 10.3 Å². The highest BCUT2D eigenvalue weighted by atomic mass is 32.2. The van der Waals surface area contributed by atoms with E-state index < -0.39 is 10.8 Å². The molecule has 0 saturated carbocycles. The van der Waals surface area contributed by atoms with E-state index in [-0.39, 0.29) is 5.91 Å². The minimum Gasteiger partial charge on any atom is -0.359 e. The van der Waals surface area contributed by atoms with Crippen LogP contribution in [-0.2, 0) is 15.6 Å². The van der Waals surface area contributed by atoms with Crippen LogP contribution < -0.4 is 5.32 Å². The van der Waals surface area contributed by atoms with Crippen molar-refractivity contribution in [3.05, 3.63) is 46.3 Å². The fraction of sp³-hybridized carbons (Fsp3) is 0.235. The Morgan fingerprint density at radius 2 is 1.86 bits per heavy atom. The molecule has 114 valence electrons. The van der Waals surface area contributed by atoms with Crippen molar-refractivity contribution in [3.63, 3.8) is 0 Å². The first-order chi connectivity index (χ1) is 10.4. The zero-order chi connectivity index (χ0) is 16.0. The molecule has 5 heteroatoms. The SMILES string of the molecule is Cc1[nH]c(/C=C2\C(=O)Nc3ccc(S(C)=O)cc32)c(C)c1C. The first kappa shape index (κ1) is 14.8. The number of anilines is 1.